The van der Waals surface area contributed by atoms with E-state index in [1.807, 2.05) is 48.5 Å². The number of aliphatic hydroxyl groups is 1. The predicted octanol–water partition coefficient (Wildman–Crippen LogP) is 8.68. The molecule has 238 valence electrons. The third-order valence-corrected chi connectivity index (χ3v) is 12.2. The Morgan fingerprint density at radius 3 is 2.38 bits per heavy atom. The molecule has 0 spiro atoms. The number of phenolic OH excluding ortho intramolecular Hbond substituents is 1. The van der Waals surface area contributed by atoms with Crippen LogP contribution in [0.4, 0.5) is 0 Å². The summed E-state index contributed by atoms with van der Waals surface area (Å²) >= 11 is 1.57. The molecule has 1 aromatic heterocycles. The van der Waals surface area contributed by atoms with Gasteiger partial charge in [0.1, 0.15) is 5.75 Å². The minimum atomic E-state index is -0.175. The average molecular weight is 640 g/mol. The summed E-state index contributed by atoms with van der Waals surface area (Å²) in [4.78, 5) is 0.782. The van der Waals surface area contributed by atoms with Crippen LogP contribution >= 0.6 is 11.3 Å². The Hall–Kier alpha value is -4.26. The maximum atomic E-state index is 11.4. The van der Waals surface area contributed by atoms with E-state index in [1.165, 1.54) is 11.1 Å². The van der Waals surface area contributed by atoms with Gasteiger partial charge in [0.2, 0.25) is 4.80 Å². The molecule has 0 saturated heterocycles. The maximum absolute atomic E-state index is 11.4. The molecule has 2 saturated carbocycles. The lowest BCUT2D eigenvalue weighted by Crippen LogP contribution is -2.43. The predicted molar refractivity (Wildman–Crippen MR) is 190 cm³/mol. The van der Waals surface area contributed by atoms with Gasteiger partial charge in [-0.15, -0.1) is 16.4 Å². The Kier molecular flexibility index (Phi) is 7.94. The van der Waals surface area contributed by atoms with Gasteiger partial charge in [0, 0.05) is 23.1 Å². The second-order valence-corrected chi connectivity index (χ2v) is 14.7. The molecule has 0 unspecified atom stereocenters. The van der Waals surface area contributed by atoms with Gasteiger partial charge >= 0.3 is 0 Å². The van der Waals surface area contributed by atoms with Crippen molar-refractivity contribution in [3.05, 3.63) is 136 Å². The van der Waals surface area contributed by atoms with E-state index in [0.29, 0.717) is 29.9 Å². The van der Waals surface area contributed by atoms with Crippen LogP contribution in [0.1, 0.15) is 67.2 Å². The molecule has 2 fully saturated rings. The second-order valence-electron chi connectivity index (χ2n) is 13.9. The molecule has 1 heterocycles. The Balaban J connectivity index is 1.19. The number of benzene rings is 4. The van der Waals surface area contributed by atoms with Crippen LogP contribution in [0.15, 0.2) is 119 Å². The zero-order chi connectivity index (χ0) is 32.0. The SMILES string of the molecule is C[C@]12CC[C@@H]3c4cc(C/C(=N/N=c5\scc(-c6ccccc6)n5-c5ccccc5)c5ccccc5)c(O)cc4CC[C@H]3[C@@H]1CC[C@@H]2O. The Labute approximate surface area is 280 Å². The standard InChI is InChI=1S/C41H41N3O2S/c1-41-22-21-32-33(35(41)19-20-39(41)46)18-17-29-25-38(45)30(23-34(29)32)24-36(27-11-5-2-6-12-27)42-43-40-44(31-15-9-4-10-16-31)37(26-47-40)28-13-7-3-8-14-28/h2-16,23,25-26,32-33,35,39,45-46H,17-22,24H2,1H3/b42-36-,43-40-/t32-,33+,35-,39-,41-/m0/s1. The summed E-state index contributed by atoms with van der Waals surface area (Å²) in [5, 5.41) is 34.2. The van der Waals surface area contributed by atoms with Crippen molar-refractivity contribution in [2.24, 2.45) is 27.5 Å². The average Bonchev–Trinajstić information content (AvgIpc) is 3.68. The molecular weight excluding hydrogens is 599 g/mol. The Morgan fingerprint density at radius 2 is 1.62 bits per heavy atom. The highest BCUT2D eigenvalue weighted by Gasteiger charge is 2.54. The van der Waals surface area contributed by atoms with Gasteiger partial charge in [-0.05, 0) is 102 Å². The van der Waals surface area contributed by atoms with Gasteiger partial charge in [-0.2, -0.15) is 5.10 Å². The van der Waals surface area contributed by atoms with Crippen LogP contribution in [0.25, 0.3) is 16.9 Å². The maximum Gasteiger partial charge on any atom is 0.215 e. The summed E-state index contributed by atoms with van der Waals surface area (Å²) in [6, 6.07) is 35.2. The normalized spacial score (nSPS) is 25.7. The number of aromatic hydroxyl groups is 1. The van der Waals surface area contributed by atoms with Crippen molar-refractivity contribution in [1.29, 1.82) is 0 Å². The molecule has 6 heteroatoms. The fourth-order valence-electron chi connectivity index (χ4n) is 8.90. The summed E-state index contributed by atoms with van der Waals surface area (Å²) in [5.41, 5.74) is 8.65. The van der Waals surface area contributed by atoms with Crippen LogP contribution in [0, 0.1) is 17.3 Å². The second kappa shape index (κ2) is 12.4. The molecule has 3 aliphatic carbocycles. The monoisotopic (exact) mass is 639 g/mol. The first-order valence-electron chi connectivity index (χ1n) is 17.0. The van der Waals surface area contributed by atoms with Crippen LogP contribution in [-0.4, -0.2) is 26.6 Å². The zero-order valence-electron chi connectivity index (χ0n) is 26.8. The van der Waals surface area contributed by atoms with Gasteiger partial charge in [-0.1, -0.05) is 91.9 Å². The van der Waals surface area contributed by atoms with E-state index in [1.54, 1.807) is 11.3 Å². The van der Waals surface area contributed by atoms with Crippen molar-refractivity contribution in [1.82, 2.24) is 4.57 Å². The number of thiazole rings is 1. The molecule has 0 radical (unpaired) electrons. The fourth-order valence-corrected chi connectivity index (χ4v) is 9.75. The molecule has 2 N–H and O–H groups in total. The number of rotatable bonds is 6. The Morgan fingerprint density at radius 1 is 0.894 bits per heavy atom. The number of hydrogen-bond donors (Lipinski definition) is 2. The van der Waals surface area contributed by atoms with E-state index in [0.717, 1.165) is 77.1 Å². The lowest BCUT2D eigenvalue weighted by atomic mass is 9.55. The summed E-state index contributed by atoms with van der Waals surface area (Å²) in [7, 11) is 0. The highest BCUT2D eigenvalue weighted by molar-refractivity contribution is 7.07. The first kappa shape index (κ1) is 30.1. The molecule has 0 aliphatic heterocycles. The third kappa shape index (κ3) is 5.47. The number of hydrogen-bond acceptors (Lipinski definition) is 5. The van der Waals surface area contributed by atoms with Gasteiger partial charge in [0.15, 0.2) is 0 Å². The van der Waals surface area contributed by atoms with Crippen LogP contribution in [0.3, 0.4) is 0 Å². The molecule has 4 aromatic carbocycles. The summed E-state index contributed by atoms with van der Waals surface area (Å²) < 4.78 is 2.17. The molecule has 0 amide bonds. The number of para-hydroxylation sites is 1. The highest BCUT2D eigenvalue weighted by Crippen LogP contribution is 2.61. The van der Waals surface area contributed by atoms with Gasteiger partial charge < -0.3 is 10.2 Å². The molecule has 5 aromatic rings. The summed E-state index contributed by atoms with van der Waals surface area (Å²) in [6.07, 6.45) is 6.66. The highest BCUT2D eigenvalue weighted by atomic mass is 32.1. The number of aliphatic hydroxyl groups excluding tert-OH is 1. The first-order chi connectivity index (χ1) is 23.0. The van der Waals surface area contributed by atoms with Crippen molar-refractivity contribution in [3.63, 3.8) is 0 Å². The topological polar surface area (TPSA) is 70.1 Å². The summed E-state index contributed by atoms with van der Waals surface area (Å²) in [5.74, 6) is 1.99. The van der Waals surface area contributed by atoms with Crippen molar-refractivity contribution >= 4 is 17.0 Å². The third-order valence-electron chi connectivity index (χ3n) is 11.4. The lowest BCUT2D eigenvalue weighted by Gasteiger charge is -2.50. The van der Waals surface area contributed by atoms with E-state index in [9.17, 15) is 10.2 Å². The minimum Gasteiger partial charge on any atom is -0.508 e. The van der Waals surface area contributed by atoms with Crippen molar-refractivity contribution in [2.45, 2.75) is 63.9 Å². The fraction of sp³-hybridized carbons (Fsp3) is 0.317. The smallest absolute Gasteiger partial charge is 0.215 e. The first-order valence-corrected chi connectivity index (χ1v) is 17.9. The minimum absolute atomic E-state index is 0.0475. The van der Waals surface area contributed by atoms with E-state index in [-0.39, 0.29) is 11.5 Å². The number of nitrogens with zero attached hydrogens (tertiary/aromatic N) is 3. The number of fused-ring (bicyclic) bond motifs is 5. The van der Waals surface area contributed by atoms with Gasteiger partial charge in [-0.25, -0.2) is 0 Å². The molecule has 5 nitrogen and oxygen atoms in total. The largest absolute Gasteiger partial charge is 0.508 e. The molecular formula is C41H41N3O2S. The van der Waals surface area contributed by atoms with Gasteiger partial charge in [0.05, 0.1) is 17.5 Å². The number of aromatic nitrogens is 1. The van der Waals surface area contributed by atoms with Crippen LogP contribution < -0.4 is 4.80 Å². The number of aryl methyl sites for hydroxylation is 1. The zero-order valence-corrected chi connectivity index (χ0v) is 27.6. The van der Waals surface area contributed by atoms with E-state index < -0.39 is 0 Å². The van der Waals surface area contributed by atoms with E-state index in [2.05, 4.69) is 71.5 Å². The molecule has 3 aliphatic rings. The van der Waals surface area contributed by atoms with Gasteiger partial charge in [-0.3, -0.25) is 4.57 Å². The van der Waals surface area contributed by atoms with Crippen molar-refractivity contribution in [3.8, 4) is 22.7 Å². The van der Waals surface area contributed by atoms with Crippen molar-refractivity contribution in [2.75, 3.05) is 0 Å². The van der Waals surface area contributed by atoms with Gasteiger partial charge in [0.25, 0.3) is 0 Å². The van der Waals surface area contributed by atoms with E-state index in [4.69, 9.17) is 10.2 Å². The molecule has 5 atom stereocenters. The lowest BCUT2D eigenvalue weighted by molar-refractivity contribution is -0.0226. The van der Waals surface area contributed by atoms with E-state index >= 15 is 0 Å². The van der Waals surface area contributed by atoms with Crippen LogP contribution in [-0.2, 0) is 12.8 Å². The number of phenols is 1. The molecule has 8 rings (SSSR count). The Bertz CT molecular complexity index is 1980. The van der Waals surface area contributed by atoms with Crippen LogP contribution in [0.5, 0.6) is 5.75 Å². The quantitative estimate of drug-likeness (QED) is 0.144. The van der Waals surface area contributed by atoms with Crippen LogP contribution in [0.2, 0.25) is 0 Å². The van der Waals surface area contributed by atoms with Crippen molar-refractivity contribution < 1.29 is 10.2 Å². The molecule has 47 heavy (non-hydrogen) atoms. The molecule has 0 bridgehead atoms. The summed E-state index contributed by atoms with van der Waals surface area (Å²) in [6.45, 7) is 2.33.